The summed E-state index contributed by atoms with van der Waals surface area (Å²) in [6.07, 6.45) is 2.22. The zero-order chi connectivity index (χ0) is 23.8. The summed E-state index contributed by atoms with van der Waals surface area (Å²) in [5.41, 5.74) is -1.45. The summed E-state index contributed by atoms with van der Waals surface area (Å²) in [5, 5.41) is 35.6. The van der Waals surface area contributed by atoms with Crippen molar-refractivity contribution in [2.75, 3.05) is 13.2 Å². The average molecular weight is 474 g/mol. The molecule has 0 spiro atoms. The molecule has 2 amide bonds. The Morgan fingerprint density at radius 1 is 1.24 bits per heavy atom. The molecule has 4 rings (SSSR count). The van der Waals surface area contributed by atoms with Crippen LogP contribution in [0.15, 0.2) is 35.8 Å². The fourth-order valence-electron chi connectivity index (χ4n) is 4.76. The number of nitrogens with one attached hydrogen (secondary N) is 1. The van der Waals surface area contributed by atoms with E-state index in [4.69, 9.17) is 5.11 Å². The van der Waals surface area contributed by atoms with Crippen molar-refractivity contribution in [3.63, 3.8) is 0 Å². The minimum atomic E-state index is -1.80. The van der Waals surface area contributed by atoms with Crippen LogP contribution in [-0.2, 0) is 20.8 Å². The van der Waals surface area contributed by atoms with E-state index in [2.05, 4.69) is 10.3 Å². The number of hydrogen-bond acceptors (Lipinski definition) is 9. The molecule has 1 aromatic heterocycles. The second-order valence-corrected chi connectivity index (χ2v) is 9.06. The normalized spacial score (nSPS) is 26.6. The van der Waals surface area contributed by atoms with Gasteiger partial charge in [-0.3, -0.25) is 34.7 Å². The first-order chi connectivity index (χ1) is 15.8. The molecular weight excluding hydrogens is 452 g/mol. The third-order valence-corrected chi connectivity index (χ3v) is 7.12. The number of carbonyl (C=O) groups excluding carboxylic acids is 2. The van der Waals surface area contributed by atoms with Crippen LogP contribution in [0.4, 0.5) is 5.69 Å². The molecule has 2 aromatic rings. The van der Waals surface area contributed by atoms with E-state index in [0.717, 1.165) is 4.90 Å². The van der Waals surface area contributed by atoms with Crippen molar-refractivity contribution < 1.29 is 29.5 Å². The topological polar surface area (TPSA) is 163 Å². The molecule has 174 valence electrons. The number of unbranched alkanes of at least 4 members (excludes halogenated alkanes) is 1. The lowest BCUT2D eigenvalue weighted by molar-refractivity contribution is -0.384. The average Bonchev–Trinajstić information content (AvgIpc) is 3.48. The minimum absolute atomic E-state index is 0.0778. The number of nitro groups is 1. The minimum Gasteiger partial charge on any atom is -0.480 e. The van der Waals surface area contributed by atoms with Crippen molar-refractivity contribution >= 4 is 34.8 Å². The van der Waals surface area contributed by atoms with Crippen LogP contribution in [0, 0.1) is 22.0 Å². The maximum atomic E-state index is 13.4. The van der Waals surface area contributed by atoms with E-state index in [1.807, 2.05) is 0 Å². The van der Waals surface area contributed by atoms with Gasteiger partial charge in [-0.05, 0) is 18.4 Å². The van der Waals surface area contributed by atoms with Gasteiger partial charge >= 0.3 is 5.97 Å². The third kappa shape index (κ3) is 3.90. The third-order valence-electron chi connectivity index (χ3n) is 6.26. The molecule has 2 saturated heterocycles. The monoisotopic (exact) mass is 474 g/mol. The highest BCUT2D eigenvalue weighted by Gasteiger charge is 2.68. The van der Waals surface area contributed by atoms with E-state index >= 15 is 0 Å². The first kappa shape index (κ1) is 23.0. The van der Waals surface area contributed by atoms with Crippen molar-refractivity contribution in [3.8, 4) is 0 Å². The quantitative estimate of drug-likeness (QED) is 0.209. The second kappa shape index (κ2) is 8.96. The number of thiazole rings is 1. The van der Waals surface area contributed by atoms with Crippen LogP contribution in [0.5, 0.6) is 0 Å². The molecule has 33 heavy (non-hydrogen) atoms. The van der Waals surface area contributed by atoms with Crippen LogP contribution >= 0.6 is 11.3 Å². The van der Waals surface area contributed by atoms with E-state index < -0.39 is 46.1 Å². The number of hydrogen-bond donors (Lipinski definition) is 3. The number of aliphatic hydroxyl groups is 1. The Morgan fingerprint density at radius 2 is 1.97 bits per heavy atom. The molecule has 0 radical (unpaired) electrons. The number of likely N-dealkylation sites (tertiary alicyclic amines) is 1. The Hall–Kier alpha value is -3.22. The molecule has 11 nitrogen and oxygen atoms in total. The number of rotatable bonds is 9. The summed E-state index contributed by atoms with van der Waals surface area (Å²) >= 11 is 1.26. The number of non-ortho nitro benzene ring substituents is 1. The van der Waals surface area contributed by atoms with E-state index in [1.54, 1.807) is 11.6 Å². The molecule has 3 heterocycles. The number of fused-ring (bicyclic) bond motifs is 1. The van der Waals surface area contributed by atoms with Gasteiger partial charge in [-0.15, -0.1) is 11.3 Å². The number of amides is 2. The zero-order valence-electron chi connectivity index (χ0n) is 17.4. The Morgan fingerprint density at radius 3 is 2.55 bits per heavy atom. The molecule has 12 heteroatoms. The Kier molecular flexibility index (Phi) is 6.23. The number of carbonyl (C=O) groups is 3. The molecule has 2 fully saturated rings. The van der Waals surface area contributed by atoms with Crippen molar-refractivity contribution in [3.05, 3.63) is 56.5 Å². The van der Waals surface area contributed by atoms with Gasteiger partial charge in [-0.25, -0.2) is 4.98 Å². The first-order valence-electron chi connectivity index (χ1n) is 10.4. The highest BCUT2D eigenvalue weighted by Crippen LogP contribution is 2.50. The van der Waals surface area contributed by atoms with Gasteiger partial charge in [-0.1, -0.05) is 12.1 Å². The van der Waals surface area contributed by atoms with Crippen molar-refractivity contribution in [1.29, 1.82) is 0 Å². The fourth-order valence-corrected chi connectivity index (χ4v) is 5.49. The highest BCUT2D eigenvalue weighted by molar-refractivity contribution is 7.09. The number of benzene rings is 1. The standard InChI is InChI=1S/C21H22N4O7S/c26-9-2-1-8-24-18(27)14-15(19(24)28)21(20(29)30,23-16(14)17-22-7-10-33-17)11-12-3-5-13(6-4-12)25(31)32/h3-7,10,14-16,23,26H,1-2,8-9,11H2,(H,29,30). The molecule has 0 saturated carbocycles. The van der Waals surface area contributed by atoms with Crippen LogP contribution in [0.3, 0.4) is 0 Å². The van der Waals surface area contributed by atoms with Crippen molar-refractivity contribution in [2.45, 2.75) is 30.8 Å². The molecule has 0 bridgehead atoms. The summed E-state index contributed by atoms with van der Waals surface area (Å²) in [6.45, 7) is 0.0224. The van der Waals surface area contributed by atoms with E-state index in [9.17, 15) is 29.6 Å². The number of aliphatic hydroxyl groups excluding tert-OH is 1. The van der Waals surface area contributed by atoms with Crippen molar-refractivity contribution in [2.24, 2.45) is 11.8 Å². The molecule has 3 N–H and O–H groups in total. The van der Waals surface area contributed by atoms with Gasteiger partial charge in [0.15, 0.2) is 0 Å². The van der Waals surface area contributed by atoms with Gasteiger partial charge in [0.1, 0.15) is 10.5 Å². The van der Waals surface area contributed by atoms with Gasteiger partial charge in [0.25, 0.3) is 5.69 Å². The lowest BCUT2D eigenvalue weighted by Gasteiger charge is -2.31. The largest absolute Gasteiger partial charge is 0.480 e. The molecule has 2 aliphatic heterocycles. The van der Waals surface area contributed by atoms with Gasteiger partial charge in [0, 0.05) is 43.3 Å². The summed E-state index contributed by atoms with van der Waals surface area (Å²) in [6, 6.07) is 4.70. The number of nitrogens with zero attached hydrogens (tertiary/aromatic N) is 3. The van der Waals surface area contributed by atoms with Gasteiger partial charge in [0.05, 0.1) is 22.8 Å². The number of imide groups is 1. The Labute approximate surface area is 192 Å². The van der Waals surface area contributed by atoms with Crippen LogP contribution in [0.2, 0.25) is 0 Å². The molecule has 4 unspecified atom stereocenters. The maximum absolute atomic E-state index is 13.4. The predicted molar refractivity (Wildman–Crippen MR) is 115 cm³/mol. The van der Waals surface area contributed by atoms with E-state index in [-0.39, 0.29) is 25.3 Å². The van der Waals surface area contributed by atoms with Gasteiger partial charge < -0.3 is 10.2 Å². The Bertz CT molecular complexity index is 1070. The second-order valence-electron chi connectivity index (χ2n) is 8.13. The molecule has 4 atom stereocenters. The van der Waals surface area contributed by atoms with Gasteiger partial charge in [0.2, 0.25) is 11.8 Å². The molecule has 0 aliphatic carbocycles. The van der Waals surface area contributed by atoms with Crippen LogP contribution in [0.25, 0.3) is 0 Å². The SMILES string of the molecule is O=C1C2C(c3nccs3)NC(Cc3ccc([N+](=O)[O-])cc3)(C(=O)O)C2C(=O)N1CCCCO. The lowest BCUT2D eigenvalue weighted by Crippen LogP contribution is -2.57. The van der Waals surface area contributed by atoms with Crippen LogP contribution in [-0.4, -0.2) is 61.5 Å². The maximum Gasteiger partial charge on any atom is 0.325 e. The van der Waals surface area contributed by atoms with E-state index in [1.165, 1.54) is 35.6 Å². The number of nitro benzene ring substituents is 1. The van der Waals surface area contributed by atoms with Crippen LogP contribution < -0.4 is 5.32 Å². The molecule has 2 aliphatic rings. The summed E-state index contributed by atoms with van der Waals surface area (Å²) in [4.78, 5) is 55.1. The molecule has 1 aromatic carbocycles. The fraction of sp³-hybridized carbons (Fsp3) is 0.429. The highest BCUT2D eigenvalue weighted by atomic mass is 32.1. The van der Waals surface area contributed by atoms with Crippen molar-refractivity contribution in [1.82, 2.24) is 15.2 Å². The smallest absolute Gasteiger partial charge is 0.325 e. The number of aliphatic carboxylic acids is 1. The number of aromatic nitrogens is 1. The first-order valence-corrected chi connectivity index (χ1v) is 11.3. The lowest BCUT2D eigenvalue weighted by atomic mass is 9.76. The van der Waals surface area contributed by atoms with E-state index in [0.29, 0.717) is 23.4 Å². The molecular formula is C21H22N4O7S. The number of carboxylic acid groups (broad SMARTS) is 1. The summed E-state index contributed by atoms with van der Waals surface area (Å²) in [7, 11) is 0. The summed E-state index contributed by atoms with van der Waals surface area (Å²) in [5.74, 6) is -4.41. The van der Waals surface area contributed by atoms with Gasteiger partial charge in [-0.2, -0.15) is 0 Å². The number of carboxylic acids is 1. The Balaban J connectivity index is 1.74. The predicted octanol–water partition coefficient (Wildman–Crippen LogP) is 1.14. The zero-order valence-corrected chi connectivity index (χ0v) is 18.2. The van der Waals surface area contributed by atoms with Crippen LogP contribution in [0.1, 0.15) is 29.5 Å². The summed E-state index contributed by atoms with van der Waals surface area (Å²) < 4.78 is 0.